The number of carbonyl (C=O) groups excluding carboxylic acids is 2. The number of ether oxygens (including phenoxy) is 1. The highest BCUT2D eigenvalue weighted by Crippen LogP contribution is 2.24. The van der Waals surface area contributed by atoms with Crippen molar-refractivity contribution < 1.29 is 14.3 Å². The average molecular weight is 362 g/mol. The van der Waals surface area contributed by atoms with E-state index in [9.17, 15) is 9.59 Å². The Morgan fingerprint density at radius 3 is 2.44 bits per heavy atom. The summed E-state index contributed by atoms with van der Waals surface area (Å²) < 4.78 is 4.66. The minimum absolute atomic E-state index is 0.104. The van der Waals surface area contributed by atoms with E-state index in [1.165, 1.54) is 25.3 Å². The predicted molar refractivity (Wildman–Crippen MR) is 98.4 cm³/mol. The fraction of sp³-hybridized carbons (Fsp3) is 0.278. The number of methoxy groups -OCH3 is 1. The van der Waals surface area contributed by atoms with Crippen LogP contribution < -0.4 is 10.6 Å². The van der Waals surface area contributed by atoms with Gasteiger partial charge in [-0.2, -0.15) is 0 Å². The molecule has 1 amide bonds. The van der Waals surface area contributed by atoms with E-state index < -0.39 is 11.9 Å². The zero-order chi connectivity index (χ0) is 18.6. The third kappa shape index (κ3) is 5.19. The van der Waals surface area contributed by atoms with Gasteiger partial charge in [-0.15, -0.1) is 0 Å². The van der Waals surface area contributed by atoms with E-state index in [1.807, 2.05) is 20.8 Å². The molecule has 0 spiro atoms. The molecule has 1 heterocycles. The van der Waals surface area contributed by atoms with Gasteiger partial charge in [0.1, 0.15) is 5.69 Å². The summed E-state index contributed by atoms with van der Waals surface area (Å²) in [6.45, 7) is 6.09. The van der Waals surface area contributed by atoms with Crippen molar-refractivity contribution in [2.45, 2.75) is 26.3 Å². The Morgan fingerprint density at radius 2 is 1.88 bits per heavy atom. The molecule has 1 aromatic heterocycles. The molecule has 0 aliphatic heterocycles. The summed E-state index contributed by atoms with van der Waals surface area (Å²) in [4.78, 5) is 28.1. The number of anilines is 2. The lowest BCUT2D eigenvalue weighted by Gasteiger charge is -2.21. The van der Waals surface area contributed by atoms with Gasteiger partial charge in [-0.25, -0.2) is 9.78 Å². The lowest BCUT2D eigenvalue weighted by molar-refractivity contribution is 0.0600. The maximum absolute atomic E-state index is 12.3. The Balaban J connectivity index is 2.15. The van der Waals surface area contributed by atoms with Gasteiger partial charge in [0.2, 0.25) is 0 Å². The topological polar surface area (TPSA) is 80.3 Å². The molecule has 0 bridgehead atoms. The van der Waals surface area contributed by atoms with Crippen molar-refractivity contribution in [1.82, 2.24) is 4.98 Å². The molecule has 132 valence electrons. The van der Waals surface area contributed by atoms with E-state index in [-0.39, 0.29) is 11.2 Å². The molecule has 0 saturated carbocycles. The molecule has 2 aromatic rings. The van der Waals surface area contributed by atoms with Crippen LogP contribution in [0, 0.1) is 0 Å². The second-order valence-corrected chi connectivity index (χ2v) is 6.85. The zero-order valence-electron chi connectivity index (χ0n) is 14.5. The van der Waals surface area contributed by atoms with Gasteiger partial charge in [-0.1, -0.05) is 11.6 Å². The monoisotopic (exact) mass is 361 g/mol. The number of pyridine rings is 1. The van der Waals surface area contributed by atoms with E-state index in [2.05, 4.69) is 20.4 Å². The van der Waals surface area contributed by atoms with E-state index in [0.717, 1.165) is 5.69 Å². The van der Waals surface area contributed by atoms with E-state index in [4.69, 9.17) is 11.6 Å². The highest BCUT2D eigenvalue weighted by Gasteiger charge is 2.14. The molecule has 2 N–H and O–H groups in total. The molecule has 1 aromatic carbocycles. The van der Waals surface area contributed by atoms with Gasteiger partial charge in [0.05, 0.1) is 35.3 Å². The number of carbonyl (C=O) groups is 2. The van der Waals surface area contributed by atoms with Crippen LogP contribution in [0.2, 0.25) is 5.02 Å². The molecule has 0 radical (unpaired) electrons. The molecule has 0 atom stereocenters. The summed E-state index contributed by atoms with van der Waals surface area (Å²) in [5.41, 5.74) is 1.55. The van der Waals surface area contributed by atoms with Crippen LogP contribution in [-0.4, -0.2) is 29.5 Å². The number of hydrogen-bond donors (Lipinski definition) is 2. The fourth-order valence-electron chi connectivity index (χ4n) is 2.09. The van der Waals surface area contributed by atoms with Crippen molar-refractivity contribution in [1.29, 1.82) is 0 Å². The van der Waals surface area contributed by atoms with Crippen molar-refractivity contribution in [2.24, 2.45) is 0 Å². The average Bonchev–Trinajstić information content (AvgIpc) is 2.55. The van der Waals surface area contributed by atoms with Crippen LogP contribution in [0.1, 0.15) is 41.6 Å². The Labute approximate surface area is 151 Å². The first-order chi connectivity index (χ1) is 11.7. The van der Waals surface area contributed by atoms with E-state index in [1.54, 1.807) is 18.3 Å². The number of esters is 1. The minimum Gasteiger partial charge on any atom is -0.465 e. The van der Waals surface area contributed by atoms with Gasteiger partial charge in [0.25, 0.3) is 5.91 Å². The summed E-state index contributed by atoms with van der Waals surface area (Å²) in [7, 11) is 1.28. The van der Waals surface area contributed by atoms with Crippen molar-refractivity contribution in [3.05, 3.63) is 52.8 Å². The van der Waals surface area contributed by atoms with Gasteiger partial charge in [0.15, 0.2) is 0 Å². The smallest absolute Gasteiger partial charge is 0.337 e. The maximum atomic E-state index is 12.3. The number of nitrogens with zero attached hydrogens (tertiary/aromatic N) is 1. The lowest BCUT2D eigenvalue weighted by atomic mass is 10.1. The van der Waals surface area contributed by atoms with Gasteiger partial charge in [-0.05, 0) is 51.1 Å². The molecule has 25 heavy (non-hydrogen) atoms. The molecule has 0 aliphatic carbocycles. The Hall–Kier alpha value is -2.60. The number of nitrogens with one attached hydrogen (secondary N) is 2. The first-order valence-corrected chi connectivity index (χ1v) is 8.01. The second kappa shape index (κ2) is 7.53. The molecule has 7 heteroatoms. The number of amides is 1. The number of hydrogen-bond acceptors (Lipinski definition) is 5. The normalized spacial score (nSPS) is 10.9. The fourth-order valence-corrected chi connectivity index (χ4v) is 2.25. The highest BCUT2D eigenvalue weighted by atomic mass is 35.5. The van der Waals surface area contributed by atoms with Gasteiger partial charge in [-0.3, -0.25) is 4.79 Å². The predicted octanol–water partition coefficient (Wildman–Crippen LogP) is 3.98. The van der Waals surface area contributed by atoms with Crippen molar-refractivity contribution in [2.75, 3.05) is 17.7 Å². The Kier molecular flexibility index (Phi) is 5.64. The molecule has 2 rings (SSSR count). The quantitative estimate of drug-likeness (QED) is 0.805. The molecule has 0 unspecified atom stereocenters. The zero-order valence-corrected chi connectivity index (χ0v) is 15.3. The van der Waals surface area contributed by atoms with Crippen LogP contribution >= 0.6 is 11.6 Å². The Morgan fingerprint density at radius 1 is 1.16 bits per heavy atom. The molecular weight excluding hydrogens is 342 g/mol. The SMILES string of the molecule is COC(=O)c1ccc(Cl)c(NC(=O)c2ccc(NC(C)(C)C)cn2)c1. The molecule has 6 nitrogen and oxygen atoms in total. The first-order valence-electron chi connectivity index (χ1n) is 7.63. The summed E-state index contributed by atoms with van der Waals surface area (Å²) in [5, 5.41) is 6.23. The molecule has 0 fully saturated rings. The van der Waals surface area contributed by atoms with Crippen molar-refractivity contribution in [3.8, 4) is 0 Å². The van der Waals surface area contributed by atoms with Crippen LogP contribution in [-0.2, 0) is 4.74 Å². The van der Waals surface area contributed by atoms with Gasteiger partial charge >= 0.3 is 5.97 Å². The maximum Gasteiger partial charge on any atom is 0.337 e. The first kappa shape index (κ1) is 18.7. The largest absolute Gasteiger partial charge is 0.465 e. The summed E-state index contributed by atoms with van der Waals surface area (Å²) in [6, 6.07) is 7.89. The standard InChI is InChI=1S/C18H20ClN3O3/c1-18(2,3)22-12-6-8-14(20-10-12)16(23)21-15-9-11(17(24)25-4)5-7-13(15)19/h5-10,22H,1-4H3,(H,21,23). The molecule has 0 saturated heterocycles. The summed E-state index contributed by atoms with van der Waals surface area (Å²) in [5.74, 6) is -0.936. The second-order valence-electron chi connectivity index (χ2n) is 6.45. The Bertz CT molecular complexity index is 783. The van der Waals surface area contributed by atoms with Gasteiger partial charge < -0.3 is 15.4 Å². The van der Waals surface area contributed by atoms with Crippen LogP contribution in [0.5, 0.6) is 0 Å². The van der Waals surface area contributed by atoms with E-state index >= 15 is 0 Å². The van der Waals surface area contributed by atoms with Crippen molar-refractivity contribution in [3.63, 3.8) is 0 Å². The number of halogens is 1. The molecular formula is C18H20ClN3O3. The highest BCUT2D eigenvalue weighted by molar-refractivity contribution is 6.34. The van der Waals surface area contributed by atoms with Crippen LogP contribution in [0.15, 0.2) is 36.5 Å². The third-order valence-corrected chi connectivity index (χ3v) is 3.48. The number of rotatable bonds is 4. The minimum atomic E-state index is -0.511. The summed E-state index contributed by atoms with van der Waals surface area (Å²) in [6.07, 6.45) is 1.59. The van der Waals surface area contributed by atoms with Crippen molar-refractivity contribution >= 4 is 34.9 Å². The lowest BCUT2D eigenvalue weighted by Crippen LogP contribution is -2.26. The van der Waals surface area contributed by atoms with Crippen LogP contribution in [0.25, 0.3) is 0 Å². The number of benzene rings is 1. The summed E-state index contributed by atoms with van der Waals surface area (Å²) >= 11 is 6.08. The number of aromatic nitrogens is 1. The third-order valence-electron chi connectivity index (χ3n) is 3.15. The molecule has 0 aliphatic rings. The van der Waals surface area contributed by atoms with Gasteiger partial charge in [0, 0.05) is 5.54 Å². The van der Waals surface area contributed by atoms with E-state index in [0.29, 0.717) is 16.3 Å². The van der Waals surface area contributed by atoms with Crippen LogP contribution in [0.4, 0.5) is 11.4 Å². The van der Waals surface area contributed by atoms with Crippen LogP contribution in [0.3, 0.4) is 0 Å².